The minimum atomic E-state index is 0.144. The second kappa shape index (κ2) is 8.13. The van der Waals surface area contributed by atoms with E-state index in [0.29, 0.717) is 18.4 Å². The predicted molar refractivity (Wildman–Crippen MR) is 84.7 cm³/mol. The van der Waals surface area contributed by atoms with Gasteiger partial charge in [0.1, 0.15) is 0 Å². The molecule has 0 aliphatic heterocycles. The van der Waals surface area contributed by atoms with E-state index in [1.165, 1.54) is 0 Å². The van der Waals surface area contributed by atoms with E-state index < -0.39 is 0 Å². The number of nitrogens with zero attached hydrogens (tertiary/aromatic N) is 2. The van der Waals surface area contributed by atoms with Crippen LogP contribution >= 0.6 is 0 Å². The highest BCUT2D eigenvalue weighted by atomic mass is 16.2. The molecular formula is C17H27N3O. The summed E-state index contributed by atoms with van der Waals surface area (Å²) in [7, 11) is 0. The SMILES string of the molecule is CCCN(CCc1ccccn1)C(=O)[C@@H]1CCC[C@@H]1CN. The molecule has 0 saturated heterocycles. The molecule has 0 bridgehead atoms. The first-order valence-electron chi connectivity index (χ1n) is 8.15. The van der Waals surface area contributed by atoms with Crippen LogP contribution in [0.3, 0.4) is 0 Å². The maximum atomic E-state index is 12.8. The van der Waals surface area contributed by atoms with Gasteiger partial charge in [0.05, 0.1) is 0 Å². The second-order valence-electron chi connectivity index (χ2n) is 5.93. The number of nitrogens with two attached hydrogens (primary N) is 1. The minimum absolute atomic E-state index is 0.144. The first kappa shape index (κ1) is 16.0. The first-order valence-corrected chi connectivity index (χ1v) is 8.15. The number of aromatic nitrogens is 1. The molecule has 0 unspecified atom stereocenters. The Bertz CT molecular complexity index is 435. The highest BCUT2D eigenvalue weighted by molar-refractivity contribution is 5.79. The lowest BCUT2D eigenvalue weighted by molar-refractivity contribution is -0.136. The summed E-state index contributed by atoms with van der Waals surface area (Å²) in [5.74, 6) is 0.831. The van der Waals surface area contributed by atoms with Crippen LogP contribution in [-0.4, -0.2) is 35.4 Å². The Hall–Kier alpha value is -1.42. The van der Waals surface area contributed by atoms with Crippen molar-refractivity contribution in [3.8, 4) is 0 Å². The summed E-state index contributed by atoms with van der Waals surface area (Å²) in [5, 5.41) is 0. The molecule has 1 aromatic rings. The number of hydrogen-bond acceptors (Lipinski definition) is 3. The molecule has 4 nitrogen and oxygen atoms in total. The van der Waals surface area contributed by atoms with E-state index in [4.69, 9.17) is 5.73 Å². The largest absolute Gasteiger partial charge is 0.342 e. The van der Waals surface area contributed by atoms with Gasteiger partial charge in [-0.15, -0.1) is 0 Å². The third-order valence-electron chi connectivity index (χ3n) is 4.45. The van der Waals surface area contributed by atoms with Crippen molar-refractivity contribution in [2.75, 3.05) is 19.6 Å². The Labute approximate surface area is 127 Å². The van der Waals surface area contributed by atoms with Gasteiger partial charge in [-0.25, -0.2) is 0 Å². The Morgan fingerprint density at radius 3 is 2.90 bits per heavy atom. The van der Waals surface area contributed by atoms with Crippen molar-refractivity contribution in [3.63, 3.8) is 0 Å². The molecule has 2 atom stereocenters. The Morgan fingerprint density at radius 2 is 2.24 bits per heavy atom. The van der Waals surface area contributed by atoms with Gasteiger partial charge in [-0.3, -0.25) is 9.78 Å². The monoisotopic (exact) mass is 289 g/mol. The van der Waals surface area contributed by atoms with Gasteiger partial charge < -0.3 is 10.6 Å². The third-order valence-corrected chi connectivity index (χ3v) is 4.45. The molecule has 0 radical (unpaired) electrons. The first-order chi connectivity index (χ1) is 10.3. The number of hydrogen-bond donors (Lipinski definition) is 1. The summed E-state index contributed by atoms with van der Waals surface area (Å²) in [4.78, 5) is 19.1. The number of amides is 1. The van der Waals surface area contributed by atoms with Crippen LogP contribution in [0.4, 0.5) is 0 Å². The average molecular weight is 289 g/mol. The summed E-state index contributed by atoms with van der Waals surface area (Å²) in [6.45, 7) is 4.35. The van der Waals surface area contributed by atoms with E-state index >= 15 is 0 Å². The van der Waals surface area contributed by atoms with Crippen molar-refractivity contribution in [1.82, 2.24) is 9.88 Å². The molecule has 0 aromatic carbocycles. The van der Waals surface area contributed by atoms with Gasteiger partial charge in [0, 0.05) is 37.3 Å². The van der Waals surface area contributed by atoms with Gasteiger partial charge in [-0.1, -0.05) is 19.4 Å². The van der Waals surface area contributed by atoms with E-state index in [1.54, 1.807) is 0 Å². The molecule has 1 heterocycles. The number of rotatable bonds is 7. The highest BCUT2D eigenvalue weighted by Crippen LogP contribution is 2.32. The molecule has 4 heteroatoms. The summed E-state index contributed by atoms with van der Waals surface area (Å²) in [6, 6.07) is 5.94. The fraction of sp³-hybridized carbons (Fsp3) is 0.647. The van der Waals surface area contributed by atoms with Crippen LogP contribution in [0.1, 0.15) is 38.3 Å². The minimum Gasteiger partial charge on any atom is -0.342 e. The van der Waals surface area contributed by atoms with Crippen LogP contribution in [0.15, 0.2) is 24.4 Å². The highest BCUT2D eigenvalue weighted by Gasteiger charge is 2.34. The maximum Gasteiger partial charge on any atom is 0.226 e. The zero-order valence-electron chi connectivity index (χ0n) is 13.0. The van der Waals surface area contributed by atoms with E-state index in [0.717, 1.165) is 50.9 Å². The van der Waals surface area contributed by atoms with Crippen molar-refractivity contribution in [3.05, 3.63) is 30.1 Å². The fourth-order valence-corrected chi connectivity index (χ4v) is 3.28. The second-order valence-corrected chi connectivity index (χ2v) is 5.93. The molecule has 1 saturated carbocycles. The Balaban J connectivity index is 1.95. The summed E-state index contributed by atoms with van der Waals surface area (Å²) >= 11 is 0. The van der Waals surface area contributed by atoms with Gasteiger partial charge in [-0.2, -0.15) is 0 Å². The lowest BCUT2D eigenvalue weighted by Crippen LogP contribution is -2.40. The molecule has 0 spiro atoms. The predicted octanol–water partition coefficient (Wildman–Crippen LogP) is 2.24. The number of carbonyl (C=O) groups is 1. The van der Waals surface area contributed by atoms with Gasteiger partial charge >= 0.3 is 0 Å². The smallest absolute Gasteiger partial charge is 0.226 e. The van der Waals surface area contributed by atoms with Crippen molar-refractivity contribution in [2.24, 2.45) is 17.6 Å². The van der Waals surface area contributed by atoms with Crippen molar-refractivity contribution in [2.45, 2.75) is 39.0 Å². The average Bonchev–Trinajstić information content (AvgIpc) is 3.00. The molecular weight excluding hydrogens is 262 g/mol. The van der Waals surface area contributed by atoms with Gasteiger partial charge in [0.15, 0.2) is 0 Å². The molecule has 1 aromatic heterocycles. The van der Waals surface area contributed by atoms with Crippen LogP contribution < -0.4 is 5.73 Å². The summed E-state index contributed by atoms with van der Waals surface area (Å²) < 4.78 is 0. The quantitative estimate of drug-likeness (QED) is 0.837. The number of carbonyl (C=O) groups excluding carboxylic acids is 1. The fourth-order valence-electron chi connectivity index (χ4n) is 3.28. The lowest BCUT2D eigenvalue weighted by Gasteiger charge is -2.27. The molecule has 21 heavy (non-hydrogen) atoms. The summed E-state index contributed by atoms with van der Waals surface area (Å²) in [6.07, 6.45) is 6.87. The Morgan fingerprint density at radius 1 is 1.38 bits per heavy atom. The molecule has 1 amide bonds. The lowest BCUT2D eigenvalue weighted by atomic mass is 9.94. The van der Waals surface area contributed by atoms with Crippen molar-refractivity contribution >= 4 is 5.91 Å². The molecule has 1 aliphatic rings. The van der Waals surface area contributed by atoms with Crippen LogP contribution in [0.2, 0.25) is 0 Å². The standard InChI is InChI=1S/C17H27N3O/c1-2-11-20(12-9-15-7-3-4-10-19-15)17(21)16-8-5-6-14(16)13-18/h3-4,7,10,14,16H,2,5-6,8-9,11-13,18H2,1H3/t14-,16-/m1/s1. The van der Waals surface area contributed by atoms with Crippen LogP contribution in [0.5, 0.6) is 0 Å². The van der Waals surface area contributed by atoms with Gasteiger partial charge in [0.2, 0.25) is 5.91 Å². The van der Waals surface area contributed by atoms with E-state index in [9.17, 15) is 4.79 Å². The number of pyridine rings is 1. The maximum absolute atomic E-state index is 12.8. The van der Waals surface area contributed by atoms with E-state index in [2.05, 4.69) is 11.9 Å². The Kier molecular flexibility index (Phi) is 6.18. The summed E-state index contributed by atoms with van der Waals surface area (Å²) in [5.41, 5.74) is 6.87. The normalized spacial score (nSPS) is 21.4. The zero-order chi connectivity index (χ0) is 15.1. The van der Waals surface area contributed by atoms with E-state index in [1.807, 2.05) is 29.3 Å². The molecule has 2 rings (SSSR count). The van der Waals surface area contributed by atoms with Gasteiger partial charge in [0.25, 0.3) is 0 Å². The third kappa shape index (κ3) is 4.27. The van der Waals surface area contributed by atoms with E-state index in [-0.39, 0.29) is 5.92 Å². The molecule has 1 aliphatic carbocycles. The van der Waals surface area contributed by atoms with Crippen molar-refractivity contribution < 1.29 is 4.79 Å². The van der Waals surface area contributed by atoms with Crippen LogP contribution in [-0.2, 0) is 11.2 Å². The molecule has 116 valence electrons. The van der Waals surface area contributed by atoms with Crippen LogP contribution in [0, 0.1) is 11.8 Å². The van der Waals surface area contributed by atoms with Crippen molar-refractivity contribution in [1.29, 1.82) is 0 Å². The molecule has 2 N–H and O–H groups in total. The topological polar surface area (TPSA) is 59.2 Å². The van der Waals surface area contributed by atoms with Crippen LogP contribution in [0.25, 0.3) is 0 Å². The molecule has 1 fully saturated rings. The zero-order valence-corrected chi connectivity index (χ0v) is 13.0. The van der Waals surface area contributed by atoms with Gasteiger partial charge in [-0.05, 0) is 43.9 Å².